The smallest absolute Gasteiger partial charge is 0.296 e. The van der Waals surface area contributed by atoms with Gasteiger partial charge in [-0.05, 0) is 25.9 Å². The summed E-state index contributed by atoms with van der Waals surface area (Å²) in [6, 6.07) is 3.00. The van der Waals surface area contributed by atoms with E-state index in [9.17, 15) is 10.1 Å². The highest BCUT2D eigenvalue weighted by atomic mass is 16.6. The van der Waals surface area contributed by atoms with E-state index in [-0.39, 0.29) is 5.69 Å². The van der Waals surface area contributed by atoms with Crippen LogP contribution in [0.3, 0.4) is 0 Å². The summed E-state index contributed by atoms with van der Waals surface area (Å²) < 4.78 is 10.3. The normalized spacial score (nSPS) is 15.0. The number of nitrogens with zero attached hydrogens (tertiary/aromatic N) is 2. The number of rotatable bonds is 7. The first-order valence-corrected chi connectivity index (χ1v) is 7.02. The summed E-state index contributed by atoms with van der Waals surface area (Å²) in [5.41, 5.74) is 0.450. The van der Waals surface area contributed by atoms with E-state index >= 15 is 0 Å². The molecule has 1 aromatic carbocycles. The molecule has 0 aromatic heterocycles. The molecule has 2 rings (SSSR count). The van der Waals surface area contributed by atoms with Gasteiger partial charge < -0.3 is 19.7 Å². The second kappa shape index (κ2) is 7.12. The zero-order chi connectivity index (χ0) is 15.2. The second-order valence-electron chi connectivity index (χ2n) is 4.96. The summed E-state index contributed by atoms with van der Waals surface area (Å²) in [5.74, 6) is 0.834. The van der Waals surface area contributed by atoms with Gasteiger partial charge in [0.05, 0.1) is 25.2 Å². The lowest BCUT2D eigenvalue weighted by atomic mass is 10.2. The van der Waals surface area contributed by atoms with Crippen molar-refractivity contribution in [2.75, 3.05) is 45.7 Å². The summed E-state index contributed by atoms with van der Waals surface area (Å²) in [7, 11) is 2.97. The lowest BCUT2D eigenvalue weighted by Gasteiger charge is -2.16. The first-order valence-electron chi connectivity index (χ1n) is 7.02. The molecule has 1 aliphatic rings. The van der Waals surface area contributed by atoms with Gasteiger partial charge in [0.1, 0.15) is 5.69 Å². The lowest BCUT2D eigenvalue weighted by Crippen LogP contribution is -2.26. The van der Waals surface area contributed by atoms with Gasteiger partial charge in [0.2, 0.25) is 0 Å². The minimum absolute atomic E-state index is 0.00549. The number of nitrogens with one attached hydrogen (secondary N) is 1. The Morgan fingerprint density at radius 3 is 2.43 bits per heavy atom. The maximum Gasteiger partial charge on any atom is 0.296 e. The van der Waals surface area contributed by atoms with Crippen LogP contribution < -0.4 is 14.8 Å². The number of anilines is 1. The number of ether oxygens (including phenoxy) is 2. The van der Waals surface area contributed by atoms with Crippen molar-refractivity contribution in [2.24, 2.45) is 0 Å². The Morgan fingerprint density at radius 2 is 1.86 bits per heavy atom. The van der Waals surface area contributed by atoms with E-state index in [1.165, 1.54) is 33.1 Å². The highest BCUT2D eigenvalue weighted by molar-refractivity contribution is 5.68. The van der Waals surface area contributed by atoms with Crippen molar-refractivity contribution in [1.29, 1.82) is 0 Å². The average Bonchev–Trinajstić information content (AvgIpc) is 2.99. The largest absolute Gasteiger partial charge is 0.493 e. The molecule has 7 nitrogen and oxygen atoms in total. The van der Waals surface area contributed by atoms with Crippen LogP contribution in [0.5, 0.6) is 11.5 Å². The highest BCUT2D eigenvalue weighted by Gasteiger charge is 2.19. The van der Waals surface area contributed by atoms with Crippen molar-refractivity contribution in [3.63, 3.8) is 0 Å². The maximum absolute atomic E-state index is 11.2. The molecule has 1 saturated heterocycles. The molecule has 1 N–H and O–H groups in total. The van der Waals surface area contributed by atoms with Crippen LogP contribution in [0.25, 0.3) is 0 Å². The van der Waals surface area contributed by atoms with Crippen molar-refractivity contribution < 1.29 is 14.4 Å². The SMILES string of the molecule is COc1cc(NCCN2CCCC2)c([N+](=O)[O-])cc1OC. The van der Waals surface area contributed by atoms with Gasteiger partial charge in [-0.25, -0.2) is 0 Å². The number of hydrogen-bond acceptors (Lipinski definition) is 6. The van der Waals surface area contributed by atoms with Gasteiger partial charge >= 0.3 is 0 Å². The molecule has 0 aliphatic carbocycles. The minimum atomic E-state index is -0.417. The first-order chi connectivity index (χ1) is 10.2. The third-order valence-corrected chi connectivity index (χ3v) is 3.64. The molecular formula is C14H21N3O4. The second-order valence-corrected chi connectivity index (χ2v) is 4.96. The molecule has 0 bridgehead atoms. The minimum Gasteiger partial charge on any atom is -0.493 e. The first kappa shape index (κ1) is 15.4. The van der Waals surface area contributed by atoms with Crippen molar-refractivity contribution in [3.8, 4) is 11.5 Å². The van der Waals surface area contributed by atoms with Crippen LogP contribution in [0, 0.1) is 10.1 Å². The Labute approximate surface area is 124 Å². The third kappa shape index (κ3) is 3.75. The number of nitro groups is 1. The Bertz CT molecular complexity index is 501. The van der Waals surface area contributed by atoms with Crippen LogP contribution in [0.2, 0.25) is 0 Å². The van der Waals surface area contributed by atoms with Crippen LogP contribution >= 0.6 is 0 Å². The lowest BCUT2D eigenvalue weighted by molar-refractivity contribution is -0.384. The summed E-state index contributed by atoms with van der Waals surface area (Å²) in [5, 5.41) is 14.3. The van der Waals surface area contributed by atoms with Gasteiger partial charge in [-0.2, -0.15) is 0 Å². The molecular weight excluding hydrogens is 274 g/mol. The fraction of sp³-hybridized carbons (Fsp3) is 0.571. The maximum atomic E-state index is 11.2. The molecule has 0 amide bonds. The highest BCUT2D eigenvalue weighted by Crippen LogP contribution is 2.37. The predicted molar refractivity (Wildman–Crippen MR) is 80.4 cm³/mol. The van der Waals surface area contributed by atoms with E-state index in [4.69, 9.17) is 9.47 Å². The summed E-state index contributed by atoms with van der Waals surface area (Å²) in [6.45, 7) is 3.76. The monoisotopic (exact) mass is 295 g/mol. The van der Waals surface area contributed by atoms with Gasteiger partial charge in [0.15, 0.2) is 11.5 Å². The van der Waals surface area contributed by atoms with Crippen LogP contribution in [-0.4, -0.2) is 50.2 Å². The Kier molecular flexibility index (Phi) is 5.21. The van der Waals surface area contributed by atoms with E-state index in [2.05, 4.69) is 10.2 Å². The zero-order valence-corrected chi connectivity index (χ0v) is 12.4. The molecule has 0 radical (unpaired) electrons. The molecule has 116 valence electrons. The molecule has 0 unspecified atom stereocenters. The summed E-state index contributed by atoms with van der Waals surface area (Å²) >= 11 is 0. The Balaban J connectivity index is 2.10. The third-order valence-electron chi connectivity index (χ3n) is 3.64. The van der Waals surface area contributed by atoms with Crippen molar-refractivity contribution in [1.82, 2.24) is 4.90 Å². The van der Waals surface area contributed by atoms with Crippen LogP contribution in [0.15, 0.2) is 12.1 Å². The quantitative estimate of drug-likeness (QED) is 0.613. The van der Waals surface area contributed by atoms with E-state index in [1.807, 2.05) is 0 Å². The molecule has 1 heterocycles. The standard InChI is InChI=1S/C14H21N3O4/c1-20-13-9-11(12(17(18)19)10-14(13)21-2)15-5-8-16-6-3-4-7-16/h9-10,15H,3-8H2,1-2H3. The fourth-order valence-corrected chi connectivity index (χ4v) is 2.52. The molecule has 1 aliphatic heterocycles. The number of nitro benzene ring substituents is 1. The van der Waals surface area contributed by atoms with Gasteiger partial charge in [-0.15, -0.1) is 0 Å². The molecule has 1 fully saturated rings. The Morgan fingerprint density at radius 1 is 1.24 bits per heavy atom. The van der Waals surface area contributed by atoms with Crippen molar-refractivity contribution >= 4 is 11.4 Å². The van der Waals surface area contributed by atoms with E-state index in [0.29, 0.717) is 23.7 Å². The van der Waals surface area contributed by atoms with E-state index < -0.39 is 4.92 Å². The summed E-state index contributed by atoms with van der Waals surface area (Å²) in [4.78, 5) is 13.1. The van der Waals surface area contributed by atoms with Gasteiger partial charge in [-0.1, -0.05) is 0 Å². The molecule has 21 heavy (non-hydrogen) atoms. The van der Waals surface area contributed by atoms with Gasteiger partial charge in [0, 0.05) is 19.2 Å². The zero-order valence-electron chi connectivity index (χ0n) is 12.4. The Hall–Kier alpha value is -2.02. The van der Waals surface area contributed by atoms with E-state index in [0.717, 1.165) is 19.6 Å². The molecule has 0 saturated carbocycles. The van der Waals surface area contributed by atoms with Crippen molar-refractivity contribution in [3.05, 3.63) is 22.2 Å². The number of benzene rings is 1. The topological polar surface area (TPSA) is 76.9 Å². The molecule has 1 aromatic rings. The van der Waals surface area contributed by atoms with Crippen LogP contribution in [0.4, 0.5) is 11.4 Å². The summed E-state index contributed by atoms with van der Waals surface area (Å²) in [6.07, 6.45) is 2.47. The van der Waals surface area contributed by atoms with Crippen LogP contribution in [0.1, 0.15) is 12.8 Å². The average molecular weight is 295 g/mol. The number of methoxy groups -OCH3 is 2. The number of likely N-dealkylation sites (tertiary alicyclic amines) is 1. The van der Waals surface area contributed by atoms with Crippen molar-refractivity contribution in [2.45, 2.75) is 12.8 Å². The van der Waals surface area contributed by atoms with Crippen LogP contribution in [-0.2, 0) is 0 Å². The fourth-order valence-electron chi connectivity index (χ4n) is 2.52. The van der Waals surface area contributed by atoms with Gasteiger partial charge in [0.25, 0.3) is 5.69 Å². The van der Waals surface area contributed by atoms with E-state index in [1.54, 1.807) is 6.07 Å². The molecule has 0 spiro atoms. The predicted octanol–water partition coefficient (Wildman–Crippen LogP) is 2.12. The van der Waals surface area contributed by atoms with Gasteiger partial charge in [-0.3, -0.25) is 10.1 Å². The molecule has 7 heteroatoms. The number of hydrogen-bond donors (Lipinski definition) is 1. The molecule has 0 atom stereocenters.